The van der Waals surface area contributed by atoms with Gasteiger partial charge in [-0.1, -0.05) is 45.9 Å². The number of ether oxygens (including phenoxy) is 2. The molecular weight excluding hydrogens is 286 g/mol. The molecule has 2 rings (SSSR count). The van der Waals surface area contributed by atoms with Crippen LogP contribution < -0.4 is 14.4 Å². The van der Waals surface area contributed by atoms with E-state index in [0.29, 0.717) is 0 Å². The molecule has 0 unspecified atom stereocenters. The van der Waals surface area contributed by atoms with E-state index < -0.39 is 0 Å². The topological polar surface area (TPSA) is 21.7 Å². The maximum atomic E-state index is 5.42. The van der Waals surface area contributed by atoms with Crippen LogP contribution in [0.1, 0.15) is 33.3 Å². The highest BCUT2D eigenvalue weighted by molar-refractivity contribution is 5.48. The van der Waals surface area contributed by atoms with Gasteiger partial charge in [0.25, 0.3) is 0 Å². The Bertz CT molecular complexity index is 526. The van der Waals surface area contributed by atoms with Gasteiger partial charge in [0.05, 0.1) is 14.2 Å². The van der Waals surface area contributed by atoms with Gasteiger partial charge in [-0.3, -0.25) is 0 Å². The Morgan fingerprint density at radius 1 is 0.826 bits per heavy atom. The molecule has 3 nitrogen and oxygen atoms in total. The minimum absolute atomic E-state index is 0.789. The minimum Gasteiger partial charge on any atom is -0.497 e. The summed E-state index contributed by atoms with van der Waals surface area (Å²) in [5.41, 5.74) is 2.31. The van der Waals surface area contributed by atoms with E-state index in [9.17, 15) is 0 Å². The summed E-state index contributed by atoms with van der Waals surface area (Å²) < 4.78 is 10.6. The zero-order valence-corrected chi connectivity index (χ0v) is 15.6. The Morgan fingerprint density at radius 3 is 1.96 bits per heavy atom. The molecule has 3 heteroatoms. The molecule has 0 aliphatic carbocycles. The quantitative estimate of drug-likeness (QED) is 0.737. The molecule has 0 saturated carbocycles. The van der Waals surface area contributed by atoms with Gasteiger partial charge in [-0.15, -0.1) is 0 Å². The molecule has 0 atom stereocenters. The van der Waals surface area contributed by atoms with Crippen LogP contribution >= 0.6 is 0 Å². The van der Waals surface area contributed by atoms with E-state index in [1.165, 1.54) is 5.69 Å². The lowest BCUT2D eigenvalue weighted by Crippen LogP contribution is -2.16. The van der Waals surface area contributed by atoms with Crippen LogP contribution in [0.2, 0.25) is 0 Å². The van der Waals surface area contributed by atoms with Crippen molar-refractivity contribution in [3.63, 3.8) is 0 Å². The van der Waals surface area contributed by atoms with Crippen LogP contribution in [0.25, 0.3) is 0 Å². The lowest BCUT2D eigenvalue weighted by atomic mass is 10.1. The van der Waals surface area contributed by atoms with E-state index in [2.05, 4.69) is 24.1 Å². The van der Waals surface area contributed by atoms with Gasteiger partial charge < -0.3 is 14.4 Å². The van der Waals surface area contributed by atoms with Crippen molar-refractivity contribution in [2.24, 2.45) is 0 Å². The van der Waals surface area contributed by atoms with Crippen LogP contribution in [0.5, 0.6) is 11.5 Å². The van der Waals surface area contributed by atoms with E-state index >= 15 is 0 Å². The zero-order chi connectivity index (χ0) is 17.7. The Hall–Kier alpha value is -2.16. The standard InChI is InChI=1S/C16H19NO2.2C2H6/c1-17(14-7-5-4-6-8-14)12-13-9-10-15(18-2)11-16(13)19-3;2*1-2/h4-11H,12H2,1-3H3;2*1-2H3. The van der Waals surface area contributed by atoms with Gasteiger partial charge in [0.15, 0.2) is 0 Å². The molecule has 2 aromatic carbocycles. The zero-order valence-electron chi connectivity index (χ0n) is 15.6. The first-order chi connectivity index (χ1) is 11.2. The Morgan fingerprint density at radius 2 is 1.43 bits per heavy atom. The molecule has 0 aromatic heterocycles. The highest BCUT2D eigenvalue weighted by Gasteiger charge is 2.08. The molecule has 0 spiro atoms. The fourth-order valence-electron chi connectivity index (χ4n) is 2.01. The van der Waals surface area contributed by atoms with E-state index in [0.717, 1.165) is 23.6 Å². The molecule has 0 heterocycles. The van der Waals surface area contributed by atoms with Crippen molar-refractivity contribution in [3.8, 4) is 11.5 Å². The van der Waals surface area contributed by atoms with Crippen LogP contribution in [0.4, 0.5) is 5.69 Å². The molecule has 2 aromatic rings. The van der Waals surface area contributed by atoms with Crippen LogP contribution in [-0.4, -0.2) is 21.3 Å². The first-order valence-corrected chi connectivity index (χ1v) is 8.21. The van der Waals surface area contributed by atoms with Gasteiger partial charge in [-0.2, -0.15) is 0 Å². The second kappa shape index (κ2) is 12.4. The van der Waals surface area contributed by atoms with Gasteiger partial charge in [0.2, 0.25) is 0 Å². The maximum Gasteiger partial charge on any atom is 0.127 e. The van der Waals surface area contributed by atoms with Crippen LogP contribution in [0.3, 0.4) is 0 Å². The Labute approximate surface area is 141 Å². The van der Waals surface area contributed by atoms with Crippen molar-refractivity contribution in [1.29, 1.82) is 0 Å². The van der Waals surface area contributed by atoms with E-state index in [1.807, 2.05) is 64.1 Å². The number of nitrogens with zero attached hydrogens (tertiary/aromatic N) is 1. The number of methoxy groups -OCH3 is 2. The smallest absolute Gasteiger partial charge is 0.127 e. The highest BCUT2D eigenvalue weighted by Crippen LogP contribution is 2.26. The summed E-state index contributed by atoms with van der Waals surface area (Å²) in [5, 5.41) is 0. The second-order valence-corrected chi connectivity index (χ2v) is 4.37. The summed E-state index contributed by atoms with van der Waals surface area (Å²) in [6, 6.07) is 16.2. The van der Waals surface area contributed by atoms with Gasteiger partial charge in [0, 0.05) is 30.9 Å². The van der Waals surface area contributed by atoms with Crippen molar-refractivity contribution in [1.82, 2.24) is 0 Å². The molecule has 0 N–H and O–H groups in total. The lowest BCUT2D eigenvalue weighted by molar-refractivity contribution is 0.391. The number of hydrogen-bond donors (Lipinski definition) is 0. The molecular formula is C20H31NO2. The number of benzene rings is 2. The average Bonchev–Trinajstić information content (AvgIpc) is 2.66. The van der Waals surface area contributed by atoms with E-state index in [-0.39, 0.29) is 0 Å². The summed E-state index contributed by atoms with van der Waals surface area (Å²) in [5.74, 6) is 1.66. The minimum atomic E-state index is 0.789. The fourth-order valence-corrected chi connectivity index (χ4v) is 2.01. The third-order valence-electron chi connectivity index (χ3n) is 3.10. The molecule has 0 bridgehead atoms. The van der Waals surface area contributed by atoms with E-state index in [1.54, 1.807) is 14.2 Å². The third kappa shape index (κ3) is 6.64. The third-order valence-corrected chi connectivity index (χ3v) is 3.10. The highest BCUT2D eigenvalue weighted by atomic mass is 16.5. The fraction of sp³-hybridized carbons (Fsp3) is 0.400. The van der Waals surface area contributed by atoms with Crippen LogP contribution in [0, 0.1) is 0 Å². The number of hydrogen-bond acceptors (Lipinski definition) is 3. The van der Waals surface area contributed by atoms with Gasteiger partial charge in [-0.05, 0) is 24.3 Å². The van der Waals surface area contributed by atoms with Crippen molar-refractivity contribution in [3.05, 3.63) is 54.1 Å². The summed E-state index contributed by atoms with van der Waals surface area (Å²) in [6.07, 6.45) is 0. The average molecular weight is 317 g/mol. The summed E-state index contributed by atoms with van der Waals surface area (Å²) in [7, 11) is 5.41. The first kappa shape index (κ1) is 20.8. The van der Waals surface area contributed by atoms with Gasteiger partial charge in [0.1, 0.15) is 11.5 Å². The predicted octanol–water partition coefficient (Wildman–Crippen LogP) is 5.39. The van der Waals surface area contributed by atoms with Crippen LogP contribution in [-0.2, 0) is 6.54 Å². The predicted molar refractivity (Wildman–Crippen MR) is 101 cm³/mol. The second-order valence-electron chi connectivity index (χ2n) is 4.37. The molecule has 0 saturated heterocycles. The first-order valence-electron chi connectivity index (χ1n) is 8.21. The molecule has 0 aliphatic heterocycles. The largest absolute Gasteiger partial charge is 0.497 e. The van der Waals surface area contributed by atoms with Gasteiger partial charge in [-0.25, -0.2) is 0 Å². The molecule has 23 heavy (non-hydrogen) atoms. The van der Waals surface area contributed by atoms with Crippen LogP contribution in [0.15, 0.2) is 48.5 Å². The maximum absolute atomic E-state index is 5.42. The van der Waals surface area contributed by atoms with Crippen molar-refractivity contribution in [2.45, 2.75) is 34.2 Å². The van der Waals surface area contributed by atoms with Crippen molar-refractivity contribution < 1.29 is 9.47 Å². The number of para-hydroxylation sites is 1. The monoisotopic (exact) mass is 317 g/mol. The number of anilines is 1. The summed E-state index contributed by atoms with van der Waals surface area (Å²) in [4.78, 5) is 2.18. The van der Waals surface area contributed by atoms with E-state index in [4.69, 9.17) is 9.47 Å². The molecule has 128 valence electrons. The lowest BCUT2D eigenvalue weighted by Gasteiger charge is -2.21. The number of rotatable bonds is 5. The molecule has 0 aliphatic rings. The summed E-state index contributed by atoms with van der Waals surface area (Å²) in [6.45, 7) is 8.79. The normalized spacial score (nSPS) is 8.83. The summed E-state index contributed by atoms with van der Waals surface area (Å²) >= 11 is 0. The Balaban J connectivity index is 0.00000112. The molecule has 0 radical (unpaired) electrons. The molecule has 0 fully saturated rings. The molecule has 0 amide bonds. The van der Waals surface area contributed by atoms with Crippen molar-refractivity contribution in [2.75, 3.05) is 26.2 Å². The SMILES string of the molecule is CC.CC.COc1ccc(CN(C)c2ccccc2)c(OC)c1. The Kier molecular flexibility index (Phi) is 11.2. The van der Waals surface area contributed by atoms with Gasteiger partial charge >= 0.3 is 0 Å². The van der Waals surface area contributed by atoms with Crippen molar-refractivity contribution >= 4 is 5.69 Å².